The molecular weight excluding hydrogens is 404 g/mol. The number of guanidine groups is 1. The summed E-state index contributed by atoms with van der Waals surface area (Å²) in [6.07, 6.45) is 0.426. The molecule has 8 nitrogen and oxygen atoms in total. The van der Waals surface area contributed by atoms with Crippen LogP contribution in [0.5, 0.6) is 0 Å². The second-order valence-corrected chi connectivity index (χ2v) is 7.30. The SMILES string of the molecule is CN=C(NCc1nc(-c2ccc(Cl)cc2)no1)NCC1CC(=O)Nc2ccccc21. The molecule has 1 aliphatic rings. The fourth-order valence-corrected chi connectivity index (χ4v) is 3.45. The summed E-state index contributed by atoms with van der Waals surface area (Å²) >= 11 is 5.91. The third-order valence-corrected chi connectivity index (χ3v) is 5.08. The van der Waals surface area contributed by atoms with Gasteiger partial charge in [0, 0.05) is 42.2 Å². The number of nitrogens with zero attached hydrogens (tertiary/aromatic N) is 3. The third-order valence-electron chi connectivity index (χ3n) is 4.82. The molecule has 1 aromatic heterocycles. The van der Waals surface area contributed by atoms with Gasteiger partial charge < -0.3 is 20.5 Å². The lowest BCUT2D eigenvalue weighted by molar-refractivity contribution is -0.116. The standard InChI is InChI=1S/C21H21ClN6O2/c1-23-21(24-11-14-10-18(29)26-17-5-3-2-4-16(14)17)25-12-19-27-20(28-30-19)13-6-8-15(22)9-7-13/h2-9,14H,10-12H2,1H3,(H,26,29)(H2,23,24,25). The number of anilines is 1. The van der Waals surface area contributed by atoms with E-state index in [2.05, 4.69) is 31.1 Å². The zero-order valence-electron chi connectivity index (χ0n) is 16.4. The highest BCUT2D eigenvalue weighted by atomic mass is 35.5. The molecule has 0 saturated heterocycles. The molecule has 1 amide bonds. The minimum atomic E-state index is 0.0176. The number of carbonyl (C=O) groups excluding carboxylic acids is 1. The number of halogens is 1. The van der Waals surface area contributed by atoms with E-state index in [1.54, 1.807) is 19.2 Å². The van der Waals surface area contributed by atoms with Crippen LogP contribution in [0.25, 0.3) is 11.4 Å². The van der Waals surface area contributed by atoms with Gasteiger partial charge in [-0.1, -0.05) is 35.0 Å². The summed E-state index contributed by atoms with van der Waals surface area (Å²) < 4.78 is 5.31. The highest BCUT2D eigenvalue weighted by Crippen LogP contribution is 2.31. The van der Waals surface area contributed by atoms with Crippen LogP contribution in [0.2, 0.25) is 5.02 Å². The van der Waals surface area contributed by atoms with Gasteiger partial charge in [-0.3, -0.25) is 9.79 Å². The molecule has 2 aromatic carbocycles. The second-order valence-electron chi connectivity index (χ2n) is 6.86. The Bertz CT molecular complexity index is 1060. The molecule has 3 aromatic rings. The summed E-state index contributed by atoms with van der Waals surface area (Å²) in [6.45, 7) is 0.895. The van der Waals surface area contributed by atoms with Crippen LogP contribution in [0.4, 0.5) is 5.69 Å². The van der Waals surface area contributed by atoms with Crippen LogP contribution < -0.4 is 16.0 Å². The van der Waals surface area contributed by atoms with Crippen molar-refractivity contribution in [1.82, 2.24) is 20.8 Å². The van der Waals surface area contributed by atoms with E-state index in [9.17, 15) is 4.79 Å². The van der Waals surface area contributed by atoms with E-state index in [1.807, 2.05) is 36.4 Å². The van der Waals surface area contributed by atoms with Gasteiger partial charge in [-0.05, 0) is 35.9 Å². The van der Waals surface area contributed by atoms with Crippen LogP contribution in [-0.2, 0) is 11.3 Å². The van der Waals surface area contributed by atoms with Crippen molar-refractivity contribution < 1.29 is 9.32 Å². The van der Waals surface area contributed by atoms with Crippen molar-refractivity contribution in [2.45, 2.75) is 18.9 Å². The van der Waals surface area contributed by atoms with Gasteiger partial charge in [0.2, 0.25) is 17.6 Å². The Morgan fingerprint density at radius 2 is 2.03 bits per heavy atom. The summed E-state index contributed by atoms with van der Waals surface area (Å²) in [5, 5.41) is 14.0. The van der Waals surface area contributed by atoms with Crippen molar-refractivity contribution in [3.63, 3.8) is 0 Å². The molecule has 30 heavy (non-hydrogen) atoms. The third kappa shape index (κ3) is 4.60. The Balaban J connectivity index is 1.34. The highest BCUT2D eigenvalue weighted by molar-refractivity contribution is 6.30. The zero-order chi connectivity index (χ0) is 20.9. The van der Waals surface area contributed by atoms with Gasteiger partial charge in [0.05, 0.1) is 6.54 Å². The summed E-state index contributed by atoms with van der Waals surface area (Å²) in [7, 11) is 1.68. The van der Waals surface area contributed by atoms with Crippen LogP contribution in [0.1, 0.15) is 23.8 Å². The maximum Gasteiger partial charge on any atom is 0.246 e. The van der Waals surface area contributed by atoms with Crippen molar-refractivity contribution in [1.29, 1.82) is 0 Å². The summed E-state index contributed by atoms with van der Waals surface area (Å²) in [4.78, 5) is 20.6. The van der Waals surface area contributed by atoms with Crippen molar-refractivity contribution in [3.05, 3.63) is 65.0 Å². The van der Waals surface area contributed by atoms with E-state index in [1.165, 1.54) is 0 Å². The van der Waals surface area contributed by atoms with Crippen molar-refractivity contribution in [2.24, 2.45) is 4.99 Å². The molecule has 1 unspecified atom stereocenters. The molecule has 0 saturated carbocycles. The quantitative estimate of drug-likeness (QED) is 0.429. The van der Waals surface area contributed by atoms with Gasteiger partial charge in [-0.2, -0.15) is 4.98 Å². The van der Waals surface area contributed by atoms with Gasteiger partial charge in [0.1, 0.15) is 0 Å². The second kappa shape index (κ2) is 8.96. The van der Waals surface area contributed by atoms with Crippen LogP contribution in [0, 0.1) is 0 Å². The molecule has 0 bridgehead atoms. The molecule has 4 rings (SSSR count). The zero-order valence-corrected chi connectivity index (χ0v) is 17.1. The Kier molecular flexibility index (Phi) is 5.94. The summed E-state index contributed by atoms with van der Waals surface area (Å²) in [5.74, 6) is 1.60. The van der Waals surface area contributed by atoms with E-state index in [0.717, 1.165) is 16.8 Å². The van der Waals surface area contributed by atoms with E-state index in [-0.39, 0.29) is 11.8 Å². The van der Waals surface area contributed by atoms with Gasteiger partial charge in [-0.25, -0.2) is 0 Å². The number of amides is 1. The number of fused-ring (bicyclic) bond motifs is 1. The van der Waals surface area contributed by atoms with Crippen LogP contribution >= 0.6 is 11.6 Å². The minimum absolute atomic E-state index is 0.0176. The summed E-state index contributed by atoms with van der Waals surface area (Å²) in [6, 6.07) is 15.1. The van der Waals surface area contributed by atoms with E-state index >= 15 is 0 Å². The molecule has 1 atom stereocenters. The Hall–Kier alpha value is -3.39. The van der Waals surface area contributed by atoms with Crippen molar-refractivity contribution in [2.75, 3.05) is 18.9 Å². The topological polar surface area (TPSA) is 104 Å². The number of aliphatic imine (C=N–C) groups is 1. The normalized spacial score (nSPS) is 16.0. The van der Waals surface area contributed by atoms with E-state index in [4.69, 9.17) is 16.1 Å². The monoisotopic (exact) mass is 424 g/mol. The van der Waals surface area contributed by atoms with Gasteiger partial charge in [0.15, 0.2) is 5.96 Å². The lowest BCUT2D eigenvalue weighted by Gasteiger charge is -2.26. The van der Waals surface area contributed by atoms with Crippen LogP contribution in [0.3, 0.4) is 0 Å². The first-order valence-corrected chi connectivity index (χ1v) is 9.92. The Morgan fingerprint density at radius 3 is 2.83 bits per heavy atom. The number of benzene rings is 2. The molecule has 2 heterocycles. The number of nitrogens with one attached hydrogen (secondary N) is 3. The van der Waals surface area contributed by atoms with Crippen LogP contribution in [0.15, 0.2) is 58.0 Å². The number of para-hydroxylation sites is 1. The molecule has 0 spiro atoms. The predicted octanol–water partition coefficient (Wildman–Crippen LogP) is 3.18. The lowest BCUT2D eigenvalue weighted by atomic mass is 9.90. The molecular formula is C21H21ClN6O2. The molecule has 0 radical (unpaired) electrons. The first kappa shape index (κ1) is 19.9. The number of aromatic nitrogens is 2. The lowest BCUT2D eigenvalue weighted by Crippen LogP contribution is -2.40. The number of rotatable bonds is 5. The number of hydrogen-bond acceptors (Lipinski definition) is 5. The average molecular weight is 425 g/mol. The minimum Gasteiger partial charge on any atom is -0.356 e. The molecule has 9 heteroatoms. The fraction of sp³-hybridized carbons (Fsp3) is 0.238. The first-order chi connectivity index (χ1) is 14.6. The molecule has 0 fully saturated rings. The summed E-state index contributed by atoms with van der Waals surface area (Å²) in [5.41, 5.74) is 2.81. The highest BCUT2D eigenvalue weighted by Gasteiger charge is 2.24. The average Bonchev–Trinajstić information content (AvgIpc) is 3.23. The van der Waals surface area contributed by atoms with Crippen molar-refractivity contribution in [3.8, 4) is 11.4 Å². The molecule has 0 aliphatic carbocycles. The molecule has 3 N–H and O–H groups in total. The Morgan fingerprint density at radius 1 is 1.23 bits per heavy atom. The van der Waals surface area contributed by atoms with Crippen molar-refractivity contribution >= 4 is 29.2 Å². The predicted molar refractivity (Wildman–Crippen MR) is 115 cm³/mol. The van der Waals surface area contributed by atoms with Gasteiger partial charge in [0.25, 0.3) is 0 Å². The molecule has 1 aliphatic heterocycles. The number of hydrogen-bond donors (Lipinski definition) is 3. The van der Waals surface area contributed by atoms with E-state index < -0.39 is 0 Å². The Labute approximate surface area is 178 Å². The molecule has 154 valence electrons. The van der Waals surface area contributed by atoms with Crippen LogP contribution in [-0.4, -0.2) is 35.6 Å². The number of carbonyl (C=O) groups is 1. The first-order valence-electron chi connectivity index (χ1n) is 9.54. The maximum absolute atomic E-state index is 12.0. The maximum atomic E-state index is 12.0. The smallest absolute Gasteiger partial charge is 0.246 e. The van der Waals surface area contributed by atoms with E-state index in [0.29, 0.717) is 42.2 Å². The fourth-order valence-electron chi connectivity index (χ4n) is 3.33. The van der Waals surface area contributed by atoms with Gasteiger partial charge in [-0.15, -0.1) is 0 Å². The van der Waals surface area contributed by atoms with Gasteiger partial charge >= 0.3 is 0 Å². The largest absolute Gasteiger partial charge is 0.356 e.